The summed E-state index contributed by atoms with van der Waals surface area (Å²) in [4.78, 5) is 29.1. The van der Waals surface area contributed by atoms with E-state index in [2.05, 4.69) is 4.98 Å². The maximum absolute atomic E-state index is 12.4. The van der Waals surface area contributed by atoms with Crippen molar-refractivity contribution in [2.24, 2.45) is 0 Å². The molecule has 0 fully saturated rings. The van der Waals surface area contributed by atoms with E-state index in [1.807, 2.05) is 43.3 Å². The normalized spacial score (nSPS) is 10.7. The molecule has 0 radical (unpaired) electrons. The molecule has 2 heterocycles. The molecule has 0 saturated heterocycles. The number of carbonyl (C=O) groups is 1. The van der Waals surface area contributed by atoms with E-state index < -0.39 is 0 Å². The molecule has 0 saturated carbocycles. The second-order valence-electron chi connectivity index (χ2n) is 4.60. The number of hydrogen-bond acceptors (Lipinski definition) is 4. The van der Waals surface area contributed by atoms with E-state index in [-0.39, 0.29) is 11.1 Å². The number of pyridine rings is 1. The van der Waals surface area contributed by atoms with Gasteiger partial charge in [-0.3, -0.25) is 14.0 Å². The van der Waals surface area contributed by atoms with Crippen molar-refractivity contribution in [3.05, 3.63) is 70.1 Å². The molecule has 104 valence electrons. The van der Waals surface area contributed by atoms with Crippen molar-refractivity contribution in [1.29, 1.82) is 0 Å². The largest absolute Gasteiger partial charge is 0.298 e. The Morgan fingerprint density at radius 1 is 1.14 bits per heavy atom. The highest BCUT2D eigenvalue weighted by Crippen LogP contribution is 2.27. The van der Waals surface area contributed by atoms with Gasteiger partial charge in [0, 0.05) is 11.1 Å². The molecule has 4 nitrogen and oxygen atoms in total. The lowest BCUT2D eigenvalue weighted by Crippen LogP contribution is -2.20. The van der Waals surface area contributed by atoms with Crippen molar-refractivity contribution in [3.63, 3.8) is 0 Å². The van der Waals surface area contributed by atoms with E-state index in [1.165, 1.54) is 16.2 Å². The number of aldehydes is 1. The summed E-state index contributed by atoms with van der Waals surface area (Å²) in [5.41, 5.74) is 1.23. The predicted molar refractivity (Wildman–Crippen MR) is 82.2 cm³/mol. The first-order valence-electron chi connectivity index (χ1n) is 6.40. The minimum atomic E-state index is -0.336. The smallest absolute Gasteiger partial charge is 0.269 e. The summed E-state index contributed by atoms with van der Waals surface area (Å²) < 4.78 is 1.41. The van der Waals surface area contributed by atoms with Gasteiger partial charge in [0.1, 0.15) is 16.2 Å². The number of carbonyl (C=O) groups excluding carboxylic acids is 1. The van der Waals surface area contributed by atoms with Gasteiger partial charge in [-0.05, 0) is 30.7 Å². The van der Waals surface area contributed by atoms with Crippen LogP contribution in [0.5, 0.6) is 0 Å². The summed E-state index contributed by atoms with van der Waals surface area (Å²) in [6.07, 6.45) is 2.27. The van der Waals surface area contributed by atoms with E-state index in [0.717, 1.165) is 10.5 Å². The zero-order valence-electron chi connectivity index (χ0n) is 11.3. The van der Waals surface area contributed by atoms with E-state index >= 15 is 0 Å². The van der Waals surface area contributed by atoms with Crippen molar-refractivity contribution in [3.8, 4) is 0 Å². The molecule has 0 bridgehead atoms. The lowest BCUT2D eigenvalue weighted by atomic mass is 10.3. The van der Waals surface area contributed by atoms with Crippen LogP contribution in [-0.4, -0.2) is 15.7 Å². The van der Waals surface area contributed by atoms with Crippen LogP contribution in [0.1, 0.15) is 15.9 Å². The molecule has 0 aliphatic heterocycles. The first-order chi connectivity index (χ1) is 10.2. The molecule has 0 N–H and O–H groups in total. The molecule has 21 heavy (non-hydrogen) atoms. The molecule has 0 aliphatic rings. The Bertz CT molecular complexity index is 873. The fourth-order valence-corrected chi connectivity index (χ4v) is 2.92. The average molecular weight is 296 g/mol. The van der Waals surface area contributed by atoms with Crippen molar-refractivity contribution >= 4 is 23.7 Å². The van der Waals surface area contributed by atoms with Crippen LogP contribution in [0.25, 0.3) is 5.65 Å². The molecule has 5 heteroatoms. The maximum Gasteiger partial charge on any atom is 0.269 e. The van der Waals surface area contributed by atoms with Gasteiger partial charge in [-0.15, -0.1) is 0 Å². The third-order valence-corrected chi connectivity index (χ3v) is 4.06. The number of hydrogen-bond donors (Lipinski definition) is 0. The minimum Gasteiger partial charge on any atom is -0.298 e. The summed E-state index contributed by atoms with van der Waals surface area (Å²) in [7, 11) is 0. The molecule has 0 unspecified atom stereocenters. The summed E-state index contributed by atoms with van der Waals surface area (Å²) in [6.45, 7) is 1.89. The van der Waals surface area contributed by atoms with Crippen LogP contribution >= 0.6 is 11.8 Å². The number of rotatable bonds is 3. The SMILES string of the molecule is Cc1ccc2nc(Sc3ccccc3)c(C=O)c(=O)n2c1. The lowest BCUT2D eigenvalue weighted by molar-refractivity contribution is 0.111. The first-order valence-corrected chi connectivity index (χ1v) is 7.22. The Labute approximate surface area is 125 Å². The summed E-state index contributed by atoms with van der Waals surface area (Å²) in [6, 6.07) is 13.2. The number of fused-ring (bicyclic) bond motifs is 1. The molecule has 0 atom stereocenters. The molecule has 3 aromatic rings. The Morgan fingerprint density at radius 3 is 2.62 bits per heavy atom. The van der Waals surface area contributed by atoms with Crippen molar-refractivity contribution in [1.82, 2.24) is 9.38 Å². The van der Waals surface area contributed by atoms with Crippen LogP contribution in [-0.2, 0) is 0 Å². The van der Waals surface area contributed by atoms with Gasteiger partial charge < -0.3 is 0 Å². The Kier molecular flexibility index (Phi) is 3.58. The zero-order valence-corrected chi connectivity index (χ0v) is 12.1. The van der Waals surface area contributed by atoms with Crippen molar-refractivity contribution in [2.45, 2.75) is 16.8 Å². The van der Waals surface area contributed by atoms with Gasteiger partial charge in [-0.2, -0.15) is 0 Å². The highest BCUT2D eigenvalue weighted by molar-refractivity contribution is 7.99. The molecule has 0 spiro atoms. The van der Waals surface area contributed by atoms with Gasteiger partial charge in [0.05, 0.1) is 0 Å². The van der Waals surface area contributed by atoms with Crippen LogP contribution < -0.4 is 5.56 Å². The van der Waals surface area contributed by atoms with Gasteiger partial charge in [-0.25, -0.2) is 4.98 Å². The number of aromatic nitrogens is 2. The second-order valence-corrected chi connectivity index (χ2v) is 5.67. The average Bonchev–Trinajstić information content (AvgIpc) is 2.50. The highest BCUT2D eigenvalue weighted by Gasteiger charge is 2.13. The number of nitrogens with zero attached hydrogens (tertiary/aromatic N) is 2. The Balaban J connectivity index is 2.21. The molecule has 0 aliphatic carbocycles. The summed E-state index contributed by atoms with van der Waals surface area (Å²) in [5, 5.41) is 0.435. The van der Waals surface area contributed by atoms with E-state index in [0.29, 0.717) is 17.0 Å². The summed E-state index contributed by atoms with van der Waals surface area (Å²) >= 11 is 1.32. The lowest BCUT2D eigenvalue weighted by Gasteiger charge is -2.07. The number of benzene rings is 1. The zero-order chi connectivity index (χ0) is 14.8. The van der Waals surface area contributed by atoms with Gasteiger partial charge in [-0.1, -0.05) is 36.0 Å². The monoisotopic (exact) mass is 296 g/mol. The first kappa shape index (κ1) is 13.6. The molecular weight excluding hydrogens is 284 g/mol. The third kappa shape index (κ3) is 2.60. The van der Waals surface area contributed by atoms with Gasteiger partial charge in [0.25, 0.3) is 5.56 Å². The fraction of sp³-hybridized carbons (Fsp3) is 0.0625. The quantitative estimate of drug-likeness (QED) is 0.551. The Morgan fingerprint density at radius 2 is 1.90 bits per heavy atom. The molecule has 3 rings (SSSR count). The third-order valence-electron chi connectivity index (χ3n) is 3.05. The predicted octanol–water partition coefficient (Wildman–Crippen LogP) is 2.97. The molecule has 0 amide bonds. The van der Waals surface area contributed by atoms with Gasteiger partial charge in [0.2, 0.25) is 0 Å². The summed E-state index contributed by atoms with van der Waals surface area (Å²) in [5.74, 6) is 0. The highest BCUT2D eigenvalue weighted by atomic mass is 32.2. The maximum atomic E-state index is 12.4. The number of aryl methyl sites for hydroxylation is 1. The molecular formula is C16H12N2O2S. The van der Waals surface area contributed by atoms with Gasteiger partial charge in [0.15, 0.2) is 6.29 Å². The van der Waals surface area contributed by atoms with E-state index in [4.69, 9.17) is 0 Å². The van der Waals surface area contributed by atoms with Crippen LogP contribution in [0.3, 0.4) is 0 Å². The van der Waals surface area contributed by atoms with Crippen LogP contribution in [0, 0.1) is 6.92 Å². The topological polar surface area (TPSA) is 51.4 Å². The second kappa shape index (κ2) is 5.54. The minimum absolute atomic E-state index is 0.0898. The van der Waals surface area contributed by atoms with Crippen LogP contribution in [0.15, 0.2) is 63.4 Å². The molecule has 1 aromatic carbocycles. The van der Waals surface area contributed by atoms with E-state index in [9.17, 15) is 9.59 Å². The van der Waals surface area contributed by atoms with Gasteiger partial charge >= 0.3 is 0 Å². The molecule has 2 aromatic heterocycles. The standard InChI is InChI=1S/C16H12N2O2S/c1-11-7-8-14-17-15(21-12-5-3-2-4-6-12)13(10-19)16(20)18(14)9-11/h2-10H,1H3. The van der Waals surface area contributed by atoms with Crippen molar-refractivity contribution in [2.75, 3.05) is 0 Å². The van der Waals surface area contributed by atoms with Crippen LogP contribution in [0.2, 0.25) is 0 Å². The Hall–Kier alpha value is -2.40. The van der Waals surface area contributed by atoms with Crippen LogP contribution in [0.4, 0.5) is 0 Å². The van der Waals surface area contributed by atoms with Crippen molar-refractivity contribution < 1.29 is 4.79 Å². The van der Waals surface area contributed by atoms with E-state index in [1.54, 1.807) is 12.3 Å². The fourth-order valence-electron chi connectivity index (χ4n) is 2.02.